The van der Waals surface area contributed by atoms with E-state index in [1.54, 1.807) is 18.4 Å². The second kappa shape index (κ2) is 11.4. The molecule has 0 spiro atoms. The Balaban J connectivity index is 1.60. The van der Waals surface area contributed by atoms with Crippen LogP contribution in [0.2, 0.25) is 0 Å². The first-order valence-corrected chi connectivity index (χ1v) is 11.7. The predicted molar refractivity (Wildman–Crippen MR) is 128 cm³/mol. The average molecular weight is 446 g/mol. The standard InChI is InChI=1S/C22H35N7OS/c1-6-23-22(28(4)15-19-16-31-21(26-19)17(2)30-5)25-14-18-7-8-20(24-13-18)29-11-9-27(3)10-12-29/h7-8,13,16-17H,6,9-12,14-15H2,1-5H3,(H,23,25). The summed E-state index contributed by atoms with van der Waals surface area (Å²) in [5.41, 5.74) is 2.13. The van der Waals surface area contributed by atoms with E-state index in [0.717, 1.165) is 60.8 Å². The lowest BCUT2D eigenvalue weighted by Crippen LogP contribution is -2.44. The van der Waals surface area contributed by atoms with E-state index >= 15 is 0 Å². The van der Waals surface area contributed by atoms with Crippen LogP contribution in [0.25, 0.3) is 0 Å². The van der Waals surface area contributed by atoms with E-state index < -0.39 is 0 Å². The molecule has 0 aromatic carbocycles. The van der Waals surface area contributed by atoms with Crippen molar-refractivity contribution >= 4 is 23.1 Å². The molecule has 0 bridgehead atoms. The molecule has 1 unspecified atom stereocenters. The first kappa shape index (κ1) is 23.4. The quantitative estimate of drug-likeness (QED) is 0.495. The summed E-state index contributed by atoms with van der Waals surface area (Å²) in [4.78, 5) is 21.0. The number of aliphatic imine (C=N–C) groups is 1. The van der Waals surface area contributed by atoms with Crippen molar-refractivity contribution in [2.24, 2.45) is 4.99 Å². The Morgan fingerprint density at radius 2 is 2.10 bits per heavy atom. The van der Waals surface area contributed by atoms with Crippen molar-refractivity contribution in [3.05, 3.63) is 40.0 Å². The molecular weight excluding hydrogens is 410 g/mol. The summed E-state index contributed by atoms with van der Waals surface area (Å²) >= 11 is 1.63. The molecule has 1 atom stereocenters. The molecule has 2 aromatic heterocycles. The Hall–Kier alpha value is -2.23. The smallest absolute Gasteiger partial charge is 0.194 e. The number of hydrogen-bond donors (Lipinski definition) is 1. The zero-order chi connectivity index (χ0) is 22.2. The van der Waals surface area contributed by atoms with Crippen LogP contribution in [0.3, 0.4) is 0 Å². The van der Waals surface area contributed by atoms with Gasteiger partial charge in [0.2, 0.25) is 0 Å². The number of anilines is 1. The lowest BCUT2D eigenvalue weighted by atomic mass is 10.2. The van der Waals surface area contributed by atoms with Crippen molar-refractivity contribution < 1.29 is 4.74 Å². The molecule has 1 fully saturated rings. The van der Waals surface area contributed by atoms with Gasteiger partial charge in [-0.2, -0.15) is 0 Å². The third kappa shape index (κ3) is 6.62. The number of piperazine rings is 1. The third-order valence-electron chi connectivity index (χ3n) is 5.41. The van der Waals surface area contributed by atoms with Crippen LogP contribution < -0.4 is 10.2 Å². The van der Waals surface area contributed by atoms with Gasteiger partial charge in [-0.1, -0.05) is 6.07 Å². The minimum atomic E-state index is 0.0206. The lowest BCUT2D eigenvalue weighted by Gasteiger charge is -2.33. The van der Waals surface area contributed by atoms with Crippen molar-refractivity contribution in [3.63, 3.8) is 0 Å². The van der Waals surface area contributed by atoms with Crippen LogP contribution in [0.5, 0.6) is 0 Å². The maximum absolute atomic E-state index is 5.37. The average Bonchev–Trinajstić information content (AvgIpc) is 3.25. The molecule has 9 heteroatoms. The second-order valence-corrected chi connectivity index (χ2v) is 8.79. The Morgan fingerprint density at radius 3 is 2.74 bits per heavy atom. The number of thiazole rings is 1. The zero-order valence-electron chi connectivity index (χ0n) is 19.3. The lowest BCUT2D eigenvalue weighted by molar-refractivity contribution is 0.119. The minimum absolute atomic E-state index is 0.0206. The van der Waals surface area contributed by atoms with Crippen LogP contribution in [0.4, 0.5) is 5.82 Å². The summed E-state index contributed by atoms with van der Waals surface area (Å²) in [6.45, 7) is 10.4. The largest absolute Gasteiger partial charge is 0.375 e. The van der Waals surface area contributed by atoms with E-state index in [2.05, 4.69) is 56.5 Å². The highest BCUT2D eigenvalue weighted by molar-refractivity contribution is 7.09. The monoisotopic (exact) mass is 445 g/mol. The van der Waals surface area contributed by atoms with E-state index in [0.29, 0.717) is 13.1 Å². The fourth-order valence-corrected chi connectivity index (χ4v) is 4.21. The molecule has 1 N–H and O–H groups in total. The molecule has 2 aromatic rings. The topological polar surface area (TPSA) is 69.1 Å². The SMILES string of the molecule is CCNC(=NCc1ccc(N2CCN(C)CC2)nc1)N(C)Cc1csc(C(C)OC)n1. The molecule has 1 saturated heterocycles. The van der Waals surface area contributed by atoms with E-state index in [-0.39, 0.29) is 6.10 Å². The third-order valence-corrected chi connectivity index (χ3v) is 6.47. The minimum Gasteiger partial charge on any atom is -0.375 e. The highest BCUT2D eigenvalue weighted by atomic mass is 32.1. The van der Waals surface area contributed by atoms with Crippen molar-refractivity contribution in [2.75, 3.05) is 58.8 Å². The van der Waals surface area contributed by atoms with Crippen molar-refractivity contribution in [2.45, 2.75) is 33.0 Å². The van der Waals surface area contributed by atoms with E-state index in [1.807, 2.05) is 20.2 Å². The van der Waals surface area contributed by atoms with Crippen LogP contribution in [0.15, 0.2) is 28.7 Å². The van der Waals surface area contributed by atoms with Gasteiger partial charge in [-0.05, 0) is 32.5 Å². The molecule has 1 aliphatic heterocycles. The number of methoxy groups -OCH3 is 1. The number of guanidine groups is 1. The summed E-state index contributed by atoms with van der Waals surface area (Å²) in [5.74, 6) is 1.91. The molecule has 1 aliphatic rings. The Kier molecular flexibility index (Phi) is 8.62. The summed E-state index contributed by atoms with van der Waals surface area (Å²) in [6.07, 6.45) is 1.96. The molecular formula is C22H35N7OS. The summed E-state index contributed by atoms with van der Waals surface area (Å²) in [6, 6.07) is 4.24. The van der Waals surface area contributed by atoms with Crippen molar-refractivity contribution in [1.29, 1.82) is 0 Å². The van der Waals surface area contributed by atoms with Gasteiger partial charge in [0.05, 0.1) is 18.8 Å². The number of nitrogens with one attached hydrogen (secondary N) is 1. The molecule has 0 amide bonds. The maximum Gasteiger partial charge on any atom is 0.194 e. The number of likely N-dealkylation sites (N-methyl/N-ethyl adjacent to an activating group) is 1. The molecule has 170 valence electrons. The summed E-state index contributed by atoms with van der Waals surface area (Å²) in [5, 5.41) is 6.46. The number of ether oxygens (including phenoxy) is 1. The molecule has 0 radical (unpaired) electrons. The van der Waals surface area contributed by atoms with Gasteiger partial charge in [0, 0.05) is 58.5 Å². The highest BCUT2D eigenvalue weighted by Crippen LogP contribution is 2.21. The summed E-state index contributed by atoms with van der Waals surface area (Å²) in [7, 11) is 5.91. The van der Waals surface area contributed by atoms with Crippen LogP contribution in [-0.2, 0) is 17.8 Å². The molecule has 8 nitrogen and oxygen atoms in total. The van der Waals surface area contributed by atoms with Crippen LogP contribution in [0.1, 0.15) is 36.2 Å². The van der Waals surface area contributed by atoms with E-state index in [1.165, 1.54) is 0 Å². The first-order chi connectivity index (χ1) is 15.0. The van der Waals surface area contributed by atoms with Gasteiger partial charge in [0.1, 0.15) is 16.9 Å². The van der Waals surface area contributed by atoms with Gasteiger partial charge in [-0.3, -0.25) is 0 Å². The van der Waals surface area contributed by atoms with Crippen LogP contribution in [0, 0.1) is 0 Å². The van der Waals surface area contributed by atoms with Crippen LogP contribution >= 0.6 is 11.3 Å². The second-order valence-electron chi connectivity index (χ2n) is 7.90. The number of nitrogens with zero attached hydrogens (tertiary/aromatic N) is 6. The van der Waals surface area contributed by atoms with Crippen LogP contribution in [-0.4, -0.2) is 79.7 Å². The number of rotatable bonds is 8. The van der Waals surface area contributed by atoms with E-state index in [4.69, 9.17) is 14.7 Å². The number of pyridine rings is 1. The van der Waals surface area contributed by atoms with Gasteiger partial charge in [0.25, 0.3) is 0 Å². The first-order valence-electron chi connectivity index (χ1n) is 10.8. The van der Waals surface area contributed by atoms with Gasteiger partial charge in [-0.15, -0.1) is 11.3 Å². The van der Waals surface area contributed by atoms with Crippen molar-refractivity contribution in [3.8, 4) is 0 Å². The van der Waals surface area contributed by atoms with E-state index in [9.17, 15) is 0 Å². The zero-order valence-corrected chi connectivity index (χ0v) is 20.2. The molecule has 31 heavy (non-hydrogen) atoms. The van der Waals surface area contributed by atoms with Gasteiger partial charge >= 0.3 is 0 Å². The van der Waals surface area contributed by atoms with Gasteiger partial charge in [0.15, 0.2) is 5.96 Å². The highest BCUT2D eigenvalue weighted by Gasteiger charge is 2.15. The Bertz CT molecular complexity index is 831. The van der Waals surface area contributed by atoms with Crippen molar-refractivity contribution in [1.82, 2.24) is 25.1 Å². The Labute approximate surface area is 190 Å². The fraction of sp³-hybridized carbons (Fsp3) is 0.591. The van der Waals surface area contributed by atoms with Gasteiger partial charge < -0.3 is 24.8 Å². The maximum atomic E-state index is 5.37. The number of aromatic nitrogens is 2. The Morgan fingerprint density at radius 1 is 1.32 bits per heavy atom. The number of hydrogen-bond acceptors (Lipinski definition) is 7. The summed E-state index contributed by atoms with van der Waals surface area (Å²) < 4.78 is 5.37. The normalized spacial score (nSPS) is 16.4. The molecule has 0 saturated carbocycles. The molecule has 0 aliphatic carbocycles. The molecule has 3 heterocycles. The predicted octanol–water partition coefficient (Wildman–Crippen LogP) is 2.59. The molecule has 3 rings (SSSR count). The fourth-order valence-electron chi connectivity index (χ4n) is 3.37. The van der Waals surface area contributed by atoms with Gasteiger partial charge in [-0.25, -0.2) is 15.0 Å².